The van der Waals surface area contributed by atoms with Gasteiger partial charge in [-0.25, -0.2) is 23.7 Å². The van der Waals surface area contributed by atoms with Gasteiger partial charge in [0.25, 0.3) is 6.43 Å². The summed E-state index contributed by atoms with van der Waals surface area (Å²) in [6, 6.07) is 0. The van der Waals surface area contributed by atoms with Crippen LogP contribution >= 0.6 is 0 Å². The van der Waals surface area contributed by atoms with Crippen LogP contribution in [0.3, 0.4) is 0 Å². The molecule has 0 aromatic carbocycles. The molecule has 6 heteroatoms. The van der Waals surface area contributed by atoms with Crippen molar-refractivity contribution in [2.24, 2.45) is 0 Å². The molecule has 0 unspecified atom stereocenters. The van der Waals surface area contributed by atoms with Gasteiger partial charge in [-0.1, -0.05) is 0 Å². The molecule has 2 aromatic rings. The van der Waals surface area contributed by atoms with Crippen molar-refractivity contribution in [1.29, 1.82) is 0 Å². The van der Waals surface area contributed by atoms with Crippen molar-refractivity contribution in [2.45, 2.75) is 6.43 Å². The van der Waals surface area contributed by atoms with E-state index in [1.807, 2.05) is 0 Å². The van der Waals surface area contributed by atoms with E-state index in [0.29, 0.717) is 0 Å². The Morgan fingerprint density at radius 2 is 1.93 bits per heavy atom. The first-order valence-corrected chi connectivity index (χ1v) is 3.86. The molecule has 0 fully saturated rings. The van der Waals surface area contributed by atoms with Crippen LogP contribution in [0.1, 0.15) is 12.1 Å². The van der Waals surface area contributed by atoms with Crippen LogP contribution in [0, 0.1) is 0 Å². The number of alkyl halides is 2. The van der Waals surface area contributed by atoms with E-state index in [4.69, 9.17) is 0 Å². The van der Waals surface area contributed by atoms with Crippen LogP contribution in [0.4, 0.5) is 8.78 Å². The number of halogens is 2. The average Bonchev–Trinajstić information content (AvgIpc) is 2.70. The lowest BCUT2D eigenvalue weighted by Gasteiger charge is -2.05. The molecular formula is C8H6F2N4. The lowest BCUT2D eigenvalue weighted by molar-refractivity contribution is 0.145. The predicted octanol–water partition coefficient (Wildman–Crippen LogP) is 1.60. The van der Waals surface area contributed by atoms with Crippen LogP contribution in [0.2, 0.25) is 0 Å². The molecule has 0 atom stereocenters. The lowest BCUT2D eigenvalue weighted by atomic mass is 10.4. The molecule has 0 saturated carbocycles. The van der Waals surface area contributed by atoms with Gasteiger partial charge in [-0.05, 0) is 0 Å². The number of aromatic nitrogens is 4. The van der Waals surface area contributed by atoms with Crippen LogP contribution < -0.4 is 0 Å². The zero-order chi connectivity index (χ0) is 9.97. The Morgan fingerprint density at radius 1 is 1.14 bits per heavy atom. The summed E-state index contributed by atoms with van der Waals surface area (Å²) in [6.07, 6.45) is 4.39. The minimum atomic E-state index is -2.64. The second-order valence-corrected chi connectivity index (χ2v) is 2.54. The fourth-order valence-electron chi connectivity index (χ4n) is 1.08. The number of hydrogen-bond acceptors (Lipinski definition) is 3. The minimum absolute atomic E-state index is 0.111. The molecule has 0 N–H and O–H groups in total. The van der Waals surface area contributed by atoms with E-state index in [9.17, 15) is 8.78 Å². The molecule has 4 nitrogen and oxygen atoms in total. The van der Waals surface area contributed by atoms with E-state index in [1.165, 1.54) is 35.7 Å². The highest BCUT2D eigenvalue weighted by Gasteiger charge is 2.16. The predicted molar refractivity (Wildman–Crippen MR) is 44.1 cm³/mol. The molecule has 2 heterocycles. The van der Waals surface area contributed by atoms with Gasteiger partial charge in [-0.3, -0.25) is 4.57 Å². The number of rotatable bonds is 2. The maximum atomic E-state index is 12.5. The Labute approximate surface area is 78.3 Å². The van der Waals surface area contributed by atoms with Gasteiger partial charge in [-0.15, -0.1) is 0 Å². The van der Waals surface area contributed by atoms with Gasteiger partial charge in [-0.2, -0.15) is 0 Å². The first kappa shape index (κ1) is 8.74. The molecule has 14 heavy (non-hydrogen) atoms. The van der Waals surface area contributed by atoms with Gasteiger partial charge in [0, 0.05) is 24.8 Å². The maximum Gasteiger partial charge on any atom is 0.284 e. The third-order valence-corrected chi connectivity index (χ3v) is 1.66. The Hall–Kier alpha value is -1.85. The molecule has 0 aliphatic heterocycles. The quantitative estimate of drug-likeness (QED) is 0.732. The Kier molecular flexibility index (Phi) is 2.18. The van der Waals surface area contributed by atoms with E-state index in [-0.39, 0.29) is 11.5 Å². The van der Waals surface area contributed by atoms with E-state index in [0.717, 1.165) is 0 Å². The molecule has 0 aliphatic carbocycles. The van der Waals surface area contributed by atoms with Gasteiger partial charge in [0.1, 0.15) is 12.0 Å². The molecule has 0 saturated heterocycles. The summed E-state index contributed by atoms with van der Waals surface area (Å²) in [4.78, 5) is 11.1. The first-order chi connectivity index (χ1) is 6.79. The zero-order valence-corrected chi connectivity index (χ0v) is 7.01. The Morgan fingerprint density at radius 3 is 2.57 bits per heavy atom. The zero-order valence-electron chi connectivity index (χ0n) is 7.01. The van der Waals surface area contributed by atoms with Crippen molar-refractivity contribution < 1.29 is 8.78 Å². The second kappa shape index (κ2) is 3.49. The third kappa shape index (κ3) is 1.46. The first-order valence-electron chi connectivity index (χ1n) is 3.86. The smallest absolute Gasteiger partial charge is 0.284 e. The summed E-state index contributed by atoms with van der Waals surface area (Å²) in [5, 5.41) is 0. The SMILES string of the molecule is FC(F)c1nccnc1-n1ccnc1. The highest BCUT2D eigenvalue weighted by atomic mass is 19.3. The molecule has 0 amide bonds. The summed E-state index contributed by atoms with van der Waals surface area (Å²) in [5.41, 5.74) is -0.342. The van der Waals surface area contributed by atoms with Gasteiger partial charge in [0.05, 0.1) is 0 Å². The monoisotopic (exact) mass is 196 g/mol. The number of hydrogen-bond donors (Lipinski definition) is 0. The molecule has 2 rings (SSSR count). The van der Waals surface area contributed by atoms with Crippen molar-refractivity contribution in [3.05, 3.63) is 36.8 Å². The van der Waals surface area contributed by atoms with Gasteiger partial charge < -0.3 is 0 Å². The lowest BCUT2D eigenvalue weighted by Crippen LogP contribution is -2.03. The maximum absolute atomic E-state index is 12.5. The topological polar surface area (TPSA) is 43.6 Å². The van der Waals surface area contributed by atoms with Crippen molar-refractivity contribution in [3.63, 3.8) is 0 Å². The van der Waals surface area contributed by atoms with Gasteiger partial charge in [0.2, 0.25) is 0 Å². The molecule has 2 aromatic heterocycles. The van der Waals surface area contributed by atoms with Crippen molar-refractivity contribution >= 4 is 0 Å². The summed E-state index contributed by atoms with van der Waals surface area (Å²) in [5.74, 6) is 0.111. The normalized spacial score (nSPS) is 10.8. The van der Waals surface area contributed by atoms with Crippen molar-refractivity contribution in [1.82, 2.24) is 19.5 Å². The molecular weight excluding hydrogens is 190 g/mol. The van der Waals surface area contributed by atoms with E-state index in [1.54, 1.807) is 0 Å². The van der Waals surface area contributed by atoms with Gasteiger partial charge in [0.15, 0.2) is 5.82 Å². The molecule has 72 valence electrons. The molecule has 0 aliphatic rings. The highest BCUT2D eigenvalue weighted by Crippen LogP contribution is 2.20. The summed E-state index contributed by atoms with van der Waals surface area (Å²) >= 11 is 0. The summed E-state index contributed by atoms with van der Waals surface area (Å²) in [6.45, 7) is 0. The average molecular weight is 196 g/mol. The fourth-order valence-corrected chi connectivity index (χ4v) is 1.08. The summed E-state index contributed by atoms with van der Waals surface area (Å²) < 4.78 is 26.4. The largest absolute Gasteiger partial charge is 0.289 e. The molecule has 0 bridgehead atoms. The van der Waals surface area contributed by atoms with E-state index >= 15 is 0 Å². The highest BCUT2D eigenvalue weighted by molar-refractivity contribution is 5.28. The van der Waals surface area contributed by atoms with Crippen molar-refractivity contribution in [3.8, 4) is 5.82 Å². The molecule has 0 spiro atoms. The van der Waals surface area contributed by atoms with Crippen LogP contribution in [0.15, 0.2) is 31.1 Å². The van der Waals surface area contributed by atoms with Crippen LogP contribution in [-0.4, -0.2) is 19.5 Å². The second-order valence-electron chi connectivity index (χ2n) is 2.54. The van der Waals surface area contributed by atoms with Crippen LogP contribution in [0.5, 0.6) is 0 Å². The summed E-state index contributed by atoms with van der Waals surface area (Å²) in [7, 11) is 0. The fraction of sp³-hybridized carbons (Fsp3) is 0.125. The minimum Gasteiger partial charge on any atom is -0.289 e. The molecule has 0 radical (unpaired) electrons. The van der Waals surface area contributed by atoms with E-state index in [2.05, 4.69) is 15.0 Å². The van der Waals surface area contributed by atoms with Crippen molar-refractivity contribution in [2.75, 3.05) is 0 Å². The van der Waals surface area contributed by atoms with Gasteiger partial charge >= 0.3 is 0 Å². The Balaban J connectivity index is 2.53. The number of imidazole rings is 1. The van der Waals surface area contributed by atoms with Crippen LogP contribution in [-0.2, 0) is 0 Å². The van der Waals surface area contributed by atoms with Crippen LogP contribution in [0.25, 0.3) is 5.82 Å². The van der Waals surface area contributed by atoms with E-state index < -0.39 is 6.43 Å². The Bertz CT molecular complexity index is 413. The third-order valence-electron chi connectivity index (χ3n) is 1.66. The number of nitrogens with zero attached hydrogens (tertiary/aromatic N) is 4. The standard InChI is InChI=1S/C8H6F2N4/c9-7(10)6-8(13-2-1-12-6)14-4-3-11-5-14/h1-5,7H.